The fraction of sp³-hybridized carbons (Fsp3) is 0.300. The molecule has 0 spiro atoms. The number of amides is 2. The number of ether oxygens (including phenoxy) is 1. The maximum atomic E-state index is 12.3. The summed E-state index contributed by atoms with van der Waals surface area (Å²) in [4.78, 5) is 25.8. The number of benzene rings is 2. The molecule has 2 N–H and O–H groups in total. The van der Waals surface area contributed by atoms with Gasteiger partial charge in [0.25, 0.3) is 0 Å². The fourth-order valence-corrected chi connectivity index (χ4v) is 2.96. The number of nitrogens with zero attached hydrogens (tertiary/aromatic N) is 1. The SMILES string of the molecule is CC(Nc1ccc(N2CCCC2=O)cc1)C(=O)Nc1ccc(OC(F)(F)F)cc1. The average molecular weight is 407 g/mol. The highest BCUT2D eigenvalue weighted by atomic mass is 19.4. The highest BCUT2D eigenvalue weighted by molar-refractivity contribution is 5.97. The second-order valence-electron chi connectivity index (χ2n) is 6.62. The van der Waals surface area contributed by atoms with E-state index in [4.69, 9.17) is 0 Å². The Labute approximate surface area is 165 Å². The summed E-state index contributed by atoms with van der Waals surface area (Å²) in [6.07, 6.45) is -3.36. The molecule has 0 aromatic heterocycles. The minimum atomic E-state index is -4.76. The zero-order chi connectivity index (χ0) is 21.0. The first-order valence-corrected chi connectivity index (χ1v) is 9.05. The molecule has 2 amide bonds. The van der Waals surface area contributed by atoms with E-state index in [9.17, 15) is 22.8 Å². The van der Waals surface area contributed by atoms with Crippen LogP contribution >= 0.6 is 0 Å². The van der Waals surface area contributed by atoms with Gasteiger partial charge in [0.2, 0.25) is 11.8 Å². The lowest BCUT2D eigenvalue weighted by Crippen LogP contribution is -2.31. The van der Waals surface area contributed by atoms with Crippen LogP contribution in [-0.2, 0) is 9.59 Å². The average Bonchev–Trinajstić information content (AvgIpc) is 3.08. The van der Waals surface area contributed by atoms with E-state index < -0.39 is 12.4 Å². The summed E-state index contributed by atoms with van der Waals surface area (Å²) in [5.74, 6) is -0.614. The Morgan fingerprint density at radius 2 is 1.69 bits per heavy atom. The van der Waals surface area contributed by atoms with Gasteiger partial charge in [-0.25, -0.2) is 0 Å². The molecule has 6 nitrogen and oxygen atoms in total. The molecule has 1 unspecified atom stereocenters. The molecule has 1 atom stereocenters. The van der Waals surface area contributed by atoms with Crippen molar-refractivity contribution in [2.45, 2.75) is 32.2 Å². The molecule has 1 fully saturated rings. The second-order valence-corrected chi connectivity index (χ2v) is 6.62. The van der Waals surface area contributed by atoms with Crippen LogP contribution in [0.2, 0.25) is 0 Å². The van der Waals surface area contributed by atoms with E-state index in [1.807, 2.05) is 12.1 Å². The van der Waals surface area contributed by atoms with Gasteiger partial charge in [0.05, 0.1) is 0 Å². The molecule has 154 valence electrons. The number of carbonyl (C=O) groups is 2. The van der Waals surface area contributed by atoms with Gasteiger partial charge in [-0.2, -0.15) is 0 Å². The summed E-state index contributed by atoms with van der Waals surface area (Å²) in [6, 6.07) is 11.5. The van der Waals surface area contributed by atoms with Gasteiger partial charge in [0, 0.05) is 30.0 Å². The van der Waals surface area contributed by atoms with Crippen molar-refractivity contribution in [1.29, 1.82) is 0 Å². The van der Waals surface area contributed by atoms with Crippen molar-refractivity contribution < 1.29 is 27.5 Å². The van der Waals surface area contributed by atoms with E-state index in [1.165, 1.54) is 12.1 Å². The summed E-state index contributed by atoms with van der Waals surface area (Å²) >= 11 is 0. The number of alkyl halides is 3. The number of hydrogen-bond acceptors (Lipinski definition) is 4. The van der Waals surface area contributed by atoms with Gasteiger partial charge in [-0.1, -0.05) is 0 Å². The molecule has 2 aromatic carbocycles. The highest BCUT2D eigenvalue weighted by Crippen LogP contribution is 2.25. The normalized spacial score (nSPS) is 15.2. The topological polar surface area (TPSA) is 70.7 Å². The zero-order valence-electron chi connectivity index (χ0n) is 15.6. The van der Waals surface area contributed by atoms with Crippen LogP contribution in [0.1, 0.15) is 19.8 Å². The lowest BCUT2D eigenvalue weighted by atomic mass is 10.2. The number of anilines is 3. The summed E-state index contributed by atoms with van der Waals surface area (Å²) in [5.41, 5.74) is 1.87. The van der Waals surface area contributed by atoms with E-state index in [0.717, 1.165) is 24.2 Å². The number of hydrogen-bond donors (Lipinski definition) is 2. The Bertz CT molecular complexity index is 867. The fourth-order valence-electron chi connectivity index (χ4n) is 2.96. The number of rotatable bonds is 6. The van der Waals surface area contributed by atoms with Gasteiger partial charge in [-0.3, -0.25) is 9.59 Å². The van der Waals surface area contributed by atoms with Crippen molar-refractivity contribution in [2.75, 3.05) is 22.1 Å². The van der Waals surface area contributed by atoms with Gasteiger partial charge >= 0.3 is 6.36 Å². The Hall–Kier alpha value is -3.23. The number of halogens is 3. The predicted octanol–water partition coefficient (Wildman–Crippen LogP) is 4.15. The summed E-state index contributed by atoms with van der Waals surface area (Å²) in [5, 5.41) is 5.67. The highest BCUT2D eigenvalue weighted by Gasteiger charge is 2.31. The third-order valence-electron chi connectivity index (χ3n) is 4.38. The van der Waals surface area contributed by atoms with E-state index in [-0.39, 0.29) is 17.6 Å². The first-order chi connectivity index (χ1) is 13.7. The molecule has 9 heteroatoms. The van der Waals surface area contributed by atoms with Crippen molar-refractivity contribution in [2.24, 2.45) is 0 Å². The Morgan fingerprint density at radius 1 is 1.07 bits per heavy atom. The Morgan fingerprint density at radius 3 is 2.24 bits per heavy atom. The van der Waals surface area contributed by atoms with Crippen molar-refractivity contribution in [3.8, 4) is 5.75 Å². The third kappa shape index (κ3) is 5.63. The van der Waals surface area contributed by atoms with Crippen molar-refractivity contribution >= 4 is 28.9 Å². The minimum Gasteiger partial charge on any atom is -0.406 e. The van der Waals surface area contributed by atoms with Gasteiger partial charge < -0.3 is 20.3 Å². The molecule has 1 saturated heterocycles. The maximum absolute atomic E-state index is 12.3. The van der Waals surface area contributed by atoms with Gasteiger partial charge in [0.1, 0.15) is 11.8 Å². The number of nitrogens with one attached hydrogen (secondary N) is 2. The molecule has 1 aliphatic rings. The van der Waals surface area contributed by atoms with E-state index in [0.29, 0.717) is 24.3 Å². The van der Waals surface area contributed by atoms with Crippen LogP contribution in [0.3, 0.4) is 0 Å². The zero-order valence-corrected chi connectivity index (χ0v) is 15.6. The van der Waals surface area contributed by atoms with E-state index >= 15 is 0 Å². The monoisotopic (exact) mass is 407 g/mol. The van der Waals surface area contributed by atoms with Crippen LogP contribution < -0.4 is 20.3 Å². The minimum absolute atomic E-state index is 0.102. The molecule has 2 aromatic rings. The van der Waals surface area contributed by atoms with Gasteiger partial charge in [0.15, 0.2) is 0 Å². The Kier molecular flexibility index (Phi) is 5.95. The van der Waals surface area contributed by atoms with Crippen molar-refractivity contribution in [1.82, 2.24) is 0 Å². The van der Waals surface area contributed by atoms with E-state index in [1.54, 1.807) is 24.0 Å². The van der Waals surface area contributed by atoms with Crippen LogP contribution in [0.5, 0.6) is 5.75 Å². The predicted molar refractivity (Wildman–Crippen MR) is 103 cm³/mol. The smallest absolute Gasteiger partial charge is 0.406 e. The van der Waals surface area contributed by atoms with Crippen molar-refractivity contribution in [3.05, 3.63) is 48.5 Å². The van der Waals surface area contributed by atoms with Crippen LogP contribution in [0.15, 0.2) is 48.5 Å². The van der Waals surface area contributed by atoms with Gasteiger partial charge in [-0.05, 0) is 61.9 Å². The van der Waals surface area contributed by atoms with Crippen molar-refractivity contribution in [3.63, 3.8) is 0 Å². The Balaban J connectivity index is 1.54. The molecule has 1 heterocycles. The van der Waals surface area contributed by atoms with Crippen LogP contribution in [-0.4, -0.2) is 30.8 Å². The standard InChI is InChI=1S/C20H20F3N3O3/c1-13(19(28)25-15-6-10-17(11-7-15)29-20(21,22)23)24-14-4-8-16(9-5-14)26-12-2-3-18(26)27/h4-11,13,24H,2-3,12H2,1H3,(H,25,28). The summed E-state index contributed by atoms with van der Waals surface area (Å²) in [7, 11) is 0. The quantitative estimate of drug-likeness (QED) is 0.755. The second kappa shape index (κ2) is 8.42. The summed E-state index contributed by atoms with van der Waals surface area (Å²) < 4.78 is 40.3. The molecule has 0 bridgehead atoms. The van der Waals surface area contributed by atoms with Crippen LogP contribution in [0.4, 0.5) is 30.2 Å². The first kappa shape index (κ1) is 20.5. The molecule has 1 aliphatic heterocycles. The van der Waals surface area contributed by atoms with Gasteiger partial charge in [-0.15, -0.1) is 13.2 Å². The molecular weight excluding hydrogens is 387 g/mol. The molecule has 0 saturated carbocycles. The maximum Gasteiger partial charge on any atom is 0.573 e. The van der Waals surface area contributed by atoms with E-state index in [2.05, 4.69) is 15.4 Å². The molecular formula is C20H20F3N3O3. The summed E-state index contributed by atoms with van der Waals surface area (Å²) in [6.45, 7) is 2.37. The molecule has 29 heavy (non-hydrogen) atoms. The number of carbonyl (C=O) groups excluding carboxylic acids is 2. The van der Waals surface area contributed by atoms with Crippen LogP contribution in [0.25, 0.3) is 0 Å². The lowest BCUT2D eigenvalue weighted by Gasteiger charge is -2.18. The van der Waals surface area contributed by atoms with Crippen LogP contribution in [0, 0.1) is 0 Å². The lowest BCUT2D eigenvalue weighted by molar-refractivity contribution is -0.274. The molecule has 3 rings (SSSR count). The largest absolute Gasteiger partial charge is 0.573 e. The third-order valence-corrected chi connectivity index (χ3v) is 4.38. The first-order valence-electron chi connectivity index (χ1n) is 9.05. The molecule has 0 aliphatic carbocycles. The molecule has 0 radical (unpaired) electrons.